The van der Waals surface area contributed by atoms with Gasteiger partial charge in [0.2, 0.25) is 5.91 Å². The molecule has 0 fully saturated rings. The normalized spacial score (nSPS) is 13.7. The van der Waals surface area contributed by atoms with E-state index in [1.807, 2.05) is 78.8 Å². The molecule has 0 bridgehead atoms. The summed E-state index contributed by atoms with van der Waals surface area (Å²) in [6.45, 7) is 23.0. The molecule has 2 atom stereocenters. The zero-order valence-electron chi connectivity index (χ0n) is 24.7. The van der Waals surface area contributed by atoms with Crippen molar-refractivity contribution in [1.82, 2.24) is 10.6 Å². The first kappa shape index (κ1) is 33.6. The maximum absolute atomic E-state index is 13.5. The molecule has 1 aromatic carbocycles. The Kier molecular flexibility index (Phi) is 14.0. The van der Waals surface area contributed by atoms with Gasteiger partial charge >= 0.3 is 6.09 Å². The van der Waals surface area contributed by atoms with Crippen LogP contribution in [-0.4, -0.2) is 30.4 Å². The Hall–Kier alpha value is -2.37. The Morgan fingerprint density at radius 2 is 1.53 bits per heavy atom. The summed E-state index contributed by atoms with van der Waals surface area (Å²) >= 11 is 0. The van der Waals surface area contributed by atoms with E-state index in [1.165, 1.54) is 0 Å². The molecule has 0 heterocycles. The van der Waals surface area contributed by atoms with Crippen molar-refractivity contribution in [1.29, 1.82) is 0 Å². The molecule has 1 aromatic rings. The minimum Gasteiger partial charge on any atom is -0.445 e. The van der Waals surface area contributed by atoms with Gasteiger partial charge in [0.25, 0.3) is 0 Å². The first-order valence-corrected chi connectivity index (χ1v) is 13.4. The summed E-state index contributed by atoms with van der Waals surface area (Å²) in [6.07, 6.45) is 1.78. The molecule has 2 N–H and O–H groups in total. The van der Waals surface area contributed by atoms with Crippen molar-refractivity contribution in [3.05, 3.63) is 35.9 Å². The van der Waals surface area contributed by atoms with E-state index in [-0.39, 0.29) is 35.7 Å². The summed E-state index contributed by atoms with van der Waals surface area (Å²) in [5, 5.41) is 6.04. The second-order valence-corrected chi connectivity index (χ2v) is 11.4. The molecule has 2 amide bonds. The first-order chi connectivity index (χ1) is 16.7. The van der Waals surface area contributed by atoms with Crippen LogP contribution in [0.15, 0.2) is 30.3 Å². The second kappa shape index (κ2) is 15.0. The van der Waals surface area contributed by atoms with Crippen LogP contribution in [0.3, 0.4) is 0 Å². The minimum atomic E-state index is -0.574. The summed E-state index contributed by atoms with van der Waals surface area (Å²) in [4.78, 5) is 37.1. The van der Waals surface area contributed by atoms with Gasteiger partial charge in [-0.2, -0.15) is 0 Å². The molecule has 6 nitrogen and oxygen atoms in total. The fourth-order valence-electron chi connectivity index (χ4n) is 3.81. The Labute approximate surface area is 220 Å². The minimum absolute atomic E-state index is 0.0125. The monoisotopic (exact) mass is 504 g/mol. The Bertz CT molecular complexity index is 800. The lowest BCUT2D eigenvalue weighted by Crippen LogP contribution is -2.58. The van der Waals surface area contributed by atoms with Gasteiger partial charge in [0.15, 0.2) is 0 Å². The highest BCUT2D eigenvalue weighted by Crippen LogP contribution is 2.41. The van der Waals surface area contributed by atoms with Crippen molar-refractivity contribution >= 4 is 18.3 Å². The molecule has 0 aliphatic heterocycles. The maximum atomic E-state index is 13.5. The van der Waals surface area contributed by atoms with Crippen LogP contribution >= 0.6 is 0 Å². The lowest BCUT2D eigenvalue weighted by atomic mass is 9.65. The molecule has 0 aliphatic carbocycles. The van der Waals surface area contributed by atoms with Gasteiger partial charge in [-0.3, -0.25) is 4.79 Å². The molecule has 6 heteroatoms. The van der Waals surface area contributed by atoms with Gasteiger partial charge in [-0.05, 0) is 49.0 Å². The average Bonchev–Trinajstić information content (AvgIpc) is 2.83. The Balaban J connectivity index is 0.00000596. The first-order valence-electron chi connectivity index (χ1n) is 13.4. The van der Waals surface area contributed by atoms with E-state index < -0.39 is 17.0 Å². The van der Waals surface area contributed by atoms with Crippen LogP contribution in [0.5, 0.6) is 0 Å². The van der Waals surface area contributed by atoms with E-state index in [2.05, 4.69) is 38.3 Å². The summed E-state index contributed by atoms with van der Waals surface area (Å²) in [7, 11) is 0. The van der Waals surface area contributed by atoms with Gasteiger partial charge in [-0.15, -0.1) is 0 Å². The fourth-order valence-corrected chi connectivity index (χ4v) is 3.81. The van der Waals surface area contributed by atoms with Crippen LogP contribution in [0.2, 0.25) is 0 Å². The predicted octanol–water partition coefficient (Wildman–Crippen LogP) is 6.77. The van der Waals surface area contributed by atoms with E-state index in [4.69, 9.17) is 4.74 Å². The van der Waals surface area contributed by atoms with Crippen molar-refractivity contribution in [3.8, 4) is 0 Å². The van der Waals surface area contributed by atoms with Crippen LogP contribution in [0.4, 0.5) is 4.79 Å². The molecule has 0 saturated carbocycles. The fraction of sp³-hybridized carbons (Fsp3) is 0.700. The molecule has 0 saturated heterocycles. The number of hydrogen-bond acceptors (Lipinski definition) is 4. The summed E-state index contributed by atoms with van der Waals surface area (Å²) in [6, 6.07) is 9.53. The lowest BCUT2D eigenvalue weighted by molar-refractivity contribution is -0.135. The highest BCUT2D eigenvalue weighted by Gasteiger charge is 2.45. The summed E-state index contributed by atoms with van der Waals surface area (Å²) in [5.41, 5.74) is -0.299. The van der Waals surface area contributed by atoms with Crippen LogP contribution in [0.25, 0.3) is 0 Å². The van der Waals surface area contributed by atoms with Crippen LogP contribution in [0.1, 0.15) is 94.6 Å². The summed E-state index contributed by atoms with van der Waals surface area (Å²) in [5.74, 6) is -0.166. The van der Waals surface area contributed by atoms with Gasteiger partial charge in [0.1, 0.15) is 12.9 Å². The predicted molar refractivity (Wildman–Crippen MR) is 149 cm³/mol. The topological polar surface area (TPSA) is 84.5 Å². The number of carbonyl (C=O) groups excluding carboxylic acids is 3. The zero-order valence-corrected chi connectivity index (χ0v) is 24.7. The van der Waals surface area contributed by atoms with Gasteiger partial charge < -0.3 is 20.2 Å². The average molecular weight is 505 g/mol. The molecule has 206 valence electrons. The highest BCUT2D eigenvalue weighted by atomic mass is 16.5. The molecule has 0 spiro atoms. The van der Waals surface area contributed by atoms with Crippen molar-refractivity contribution in [2.24, 2.45) is 28.6 Å². The third-order valence-electron chi connectivity index (χ3n) is 8.24. The van der Waals surface area contributed by atoms with E-state index in [0.29, 0.717) is 19.4 Å². The van der Waals surface area contributed by atoms with Gasteiger partial charge in [0, 0.05) is 23.9 Å². The SMILES string of the molecule is CC.CC(C)C(C)(C)C(CCCNC(=O)OCc1ccccc1)C(=O)NC(C)(C)C(C)(C)C(C)C=O. The van der Waals surface area contributed by atoms with Crippen molar-refractivity contribution in [3.63, 3.8) is 0 Å². The van der Waals surface area contributed by atoms with Crippen molar-refractivity contribution in [2.45, 2.75) is 101 Å². The highest BCUT2D eigenvalue weighted by molar-refractivity contribution is 5.80. The van der Waals surface area contributed by atoms with Crippen LogP contribution in [0, 0.1) is 28.6 Å². The molecular weight excluding hydrogens is 452 g/mol. The van der Waals surface area contributed by atoms with E-state index in [9.17, 15) is 14.4 Å². The number of hydrogen-bond donors (Lipinski definition) is 2. The maximum Gasteiger partial charge on any atom is 0.407 e. The van der Waals surface area contributed by atoms with E-state index in [1.54, 1.807) is 0 Å². The van der Waals surface area contributed by atoms with Gasteiger partial charge in [-0.1, -0.05) is 92.6 Å². The van der Waals surface area contributed by atoms with Crippen LogP contribution in [-0.2, 0) is 20.9 Å². The Morgan fingerprint density at radius 1 is 0.972 bits per heavy atom. The number of rotatable bonds is 13. The largest absolute Gasteiger partial charge is 0.445 e. The third kappa shape index (κ3) is 9.59. The molecule has 1 rings (SSSR count). The molecule has 36 heavy (non-hydrogen) atoms. The molecule has 0 radical (unpaired) electrons. The third-order valence-corrected chi connectivity index (χ3v) is 8.24. The van der Waals surface area contributed by atoms with Crippen molar-refractivity contribution < 1.29 is 19.1 Å². The smallest absolute Gasteiger partial charge is 0.407 e. The second-order valence-electron chi connectivity index (χ2n) is 11.4. The van der Waals surface area contributed by atoms with Crippen molar-refractivity contribution in [2.75, 3.05) is 6.54 Å². The van der Waals surface area contributed by atoms with E-state index in [0.717, 1.165) is 11.8 Å². The van der Waals surface area contributed by atoms with Gasteiger partial charge in [-0.25, -0.2) is 4.79 Å². The van der Waals surface area contributed by atoms with Gasteiger partial charge in [0.05, 0.1) is 0 Å². The number of amides is 2. The molecule has 0 aromatic heterocycles. The lowest BCUT2D eigenvalue weighted by Gasteiger charge is -2.46. The number of benzene rings is 1. The number of ether oxygens (including phenoxy) is 1. The quantitative estimate of drug-likeness (QED) is 0.229. The molecule has 0 aliphatic rings. The zero-order chi connectivity index (χ0) is 28.2. The number of alkyl carbamates (subject to hydrolysis) is 1. The number of nitrogens with one attached hydrogen (secondary N) is 2. The molecular formula is C30H52N2O4. The molecule has 2 unspecified atom stereocenters. The van der Waals surface area contributed by atoms with Crippen LogP contribution < -0.4 is 10.6 Å². The van der Waals surface area contributed by atoms with E-state index >= 15 is 0 Å². The summed E-state index contributed by atoms with van der Waals surface area (Å²) < 4.78 is 5.27. The number of carbonyl (C=O) groups is 3. The Morgan fingerprint density at radius 3 is 2.03 bits per heavy atom. The number of aldehydes is 1. The standard InChI is InChI=1S/C28H46N2O4.C2H6/c1-20(2)26(4,5)23(24(32)30-28(8,9)27(6,7)21(3)18-31)16-13-17-29-25(33)34-19-22-14-11-10-12-15-22;1-2/h10-12,14-15,18,20-21,23H,13,16-17,19H2,1-9H3,(H,29,33)(H,30,32);1-2H3.